The van der Waals surface area contributed by atoms with Gasteiger partial charge in [0.2, 0.25) is 5.91 Å². The van der Waals surface area contributed by atoms with Gasteiger partial charge in [0.25, 0.3) is 0 Å². The number of aromatic amines is 1. The number of aliphatic hydroxyl groups is 1. The number of nitrogens with one attached hydrogen (secondary N) is 2. The number of amides is 1. The fourth-order valence-electron chi connectivity index (χ4n) is 3.26. The van der Waals surface area contributed by atoms with Gasteiger partial charge in [0.1, 0.15) is 5.65 Å². The first kappa shape index (κ1) is 18.5. The smallest absolute Gasteiger partial charge is 0.225 e. The molecule has 2 atom stereocenters. The summed E-state index contributed by atoms with van der Waals surface area (Å²) in [6.07, 6.45) is 2.41. The van der Waals surface area contributed by atoms with Gasteiger partial charge < -0.3 is 20.3 Å². The number of pyridine rings is 1. The van der Waals surface area contributed by atoms with Crippen molar-refractivity contribution in [2.24, 2.45) is 10.9 Å². The Kier molecular flexibility index (Phi) is 5.31. The molecule has 0 aliphatic carbocycles. The van der Waals surface area contributed by atoms with Crippen molar-refractivity contribution in [3.8, 4) is 0 Å². The van der Waals surface area contributed by atoms with Gasteiger partial charge in [-0.15, -0.1) is 0 Å². The van der Waals surface area contributed by atoms with Crippen molar-refractivity contribution < 1.29 is 9.90 Å². The molecule has 0 radical (unpaired) electrons. The SMILES string of the molecule is CNC(=O)C1CS/C(=N\C(O)c2c[nH]c3ncccc23)N(c2ccccc2)C1. The lowest BCUT2D eigenvalue weighted by molar-refractivity contribution is -0.123. The monoisotopic (exact) mass is 395 g/mol. The number of benzene rings is 1. The number of para-hydroxylation sites is 1. The number of aromatic nitrogens is 2. The summed E-state index contributed by atoms with van der Waals surface area (Å²) in [5.74, 6) is 0.476. The second-order valence-corrected chi connectivity index (χ2v) is 7.48. The molecule has 1 fully saturated rings. The van der Waals surface area contributed by atoms with Crippen LogP contribution in [0.15, 0.2) is 59.9 Å². The zero-order valence-electron chi connectivity index (χ0n) is 15.4. The standard InChI is InChI=1S/C20H21N5O2S/c1-21-18(26)13-11-25(14-6-3-2-4-7-14)20(28-12-13)24-19(27)16-10-23-17-15(16)8-5-9-22-17/h2-10,13,19,27H,11-12H2,1H3,(H,21,26)(H,22,23)/b24-20-. The first-order valence-corrected chi connectivity index (χ1v) is 10.0. The van der Waals surface area contributed by atoms with E-state index in [-0.39, 0.29) is 11.8 Å². The number of hydrogen-bond donors (Lipinski definition) is 3. The lowest BCUT2D eigenvalue weighted by atomic mass is 10.1. The Bertz CT molecular complexity index is 1000. The van der Waals surface area contributed by atoms with Crippen LogP contribution in [0.25, 0.3) is 11.0 Å². The Hall–Kier alpha value is -2.84. The number of carbonyl (C=O) groups excluding carboxylic acids is 1. The van der Waals surface area contributed by atoms with Gasteiger partial charge in [0.05, 0.1) is 5.92 Å². The number of H-pyrrole nitrogens is 1. The summed E-state index contributed by atoms with van der Waals surface area (Å²) in [5.41, 5.74) is 2.33. The molecule has 4 rings (SSSR count). The fourth-order valence-corrected chi connectivity index (χ4v) is 4.38. The highest BCUT2D eigenvalue weighted by Crippen LogP contribution is 2.31. The van der Waals surface area contributed by atoms with Crippen LogP contribution < -0.4 is 10.2 Å². The Morgan fingerprint density at radius 1 is 1.36 bits per heavy atom. The number of anilines is 1. The van der Waals surface area contributed by atoms with E-state index in [9.17, 15) is 9.90 Å². The fraction of sp³-hybridized carbons (Fsp3) is 0.250. The van der Waals surface area contributed by atoms with Crippen molar-refractivity contribution >= 4 is 39.6 Å². The van der Waals surface area contributed by atoms with E-state index in [1.807, 2.05) is 47.4 Å². The molecule has 3 heterocycles. The summed E-state index contributed by atoms with van der Waals surface area (Å²) < 4.78 is 0. The number of fused-ring (bicyclic) bond motifs is 1. The average Bonchev–Trinajstić information content (AvgIpc) is 3.18. The maximum absolute atomic E-state index is 12.2. The van der Waals surface area contributed by atoms with Crippen LogP contribution in [-0.2, 0) is 4.79 Å². The van der Waals surface area contributed by atoms with E-state index in [1.54, 1.807) is 19.4 Å². The number of aliphatic hydroxyl groups excluding tert-OH is 1. The van der Waals surface area contributed by atoms with Crippen LogP contribution in [0.3, 0.4) is 0 Å². The zero-order chi connectivity index (χ0) is 19.5. The van der Waals surface area contributed by atoms with Crippen molar-refractivity contribution in [1.29, 1.82) is 0 Å². The molecule has 3 aromatic rings. The predicted molar refractivity (Wildman–Crippen MR) is 112 cm³/mol. The average molecular weight is 395 g/mol. The molecule has 0 bridgehead atoms. The molecule has 0 spiro atoms. The molecule has 1 aliphatic rings. The van der Waals surface area contributed by atoms with Gasteiger partial charge in [-0.1, -0.05) is 30.0 Å². The summed E-state index contributed by atoms with van der Waals surface area (Å²) >= 11 is 1.48. The first-order valence-electron chi connectivity index (χ1n) is 9.02. The van der Waals surface area contributed by atoms with E-state index in [1.165, 1.54) is 11.8 Å². The number of rotatable bonds is 4. The molecule has 8 heteroatoms. The highest BCUT2D eigenvalue weighted by Gasteiger charge is 2.31. The number of hydrogen-bond acceptors (Lipinski definition) is 5. The minimum Gasteiger partial charge on any atom is -0.368 e. The summed E-state index contributed by atoms with van der Waals surface area (Å²) in [6, 6.07) is 13.5. The minimum absolute atomic E-state index is 0.00994. The van der Waals surface area contributed by atoms with E-state index < -0.39 is 6.23 Å². The van der Waals surface area contributed by atoms with Gasteiger partial charge in [0.15, 0.2) is 11.4 Å². The second kappa shape index (κ2) is 8.04. The number of aliphatic imine (C=N–C) groups is 1. The largest absolute Gasteiger partial charge is 0.368 e. The third kappa shape index (κ3) is 3.61. The molecule has 1 saturated heterocycles. The molecule has 28 heavy (non-hydrogen) atoms. The van der Waals surface area contributed by atoms with Crippen molar-refractivity contribution in [1.82, 2.24) is 15.3 Å². The van der Waals surface area contributed by atoms with Crippen LogP contribution in [0.5, 0.6) is 0 Å². The quantitative estimate of drug-likeness (QED) is 0.631. The molecule has 1 aromatic carbocycles. The van der Waals surface area contributed by atoms with Gasteiger partial charge >= 0.3 is 0 Å². The Morgan fingerprint density at radius 3 is 2.96 bits per heavy atom. The number of nitrogens with zero attached hydrogens (tertiary/aromatic N) is 3. The highest BCUT2D eigenvalue weighted by atomic mass is 32.2. The molecule has 2 unspecified atom stereocenters. The third-order valence-corrected chi connectivity index (χ3v) is 5.88. The maximum Gasteiger partial charge on any atom is 0.225 e. The summed E-state index contributed by atoms with van der Waals surface area (Å²) in [7, 11) is 1.65. The molecule has 2 aromatic heterocycles. The van der Waals surface area contributed by atoms with Crippen molar-refractivity contribution in [3.63, 3.8) is 0 Å². The topological polar surface area (TPSA) is 93.6 Å². The van der Waals surface area contributed by atoms with E-state index >= 15 is 0 Å². The Balaban J connectivity index is 1.66. The lowest BCUT2D eigenvalue weighted by Gasteiger charge is -2.34. The number of carbonyl (C=O) groups is 1. The molecule has 3 N–H and O–H groups in total. The molecule has 1 aliphatic heterocycles. The van der Waals surface area contributed by atoms with Crippen molar-refractivity contribution in [2.45, 2.75) is 6.23 Å². The van der Waals surface area contributed by atoms with E-state index in [2.05, 4.69) is 20.3 Å². The molecular weight excluding hydrogens is 374 g/mol. The van der Waals surface area contributed by atoms with Crippen LogP contribution >= 0.6 is 11.8 Å². The summed E-state index contributed by atoms with van der Waals surface area (Å²) in [6.45, 7) is 0.512. The third-order valence-electron chi connectivity index (χ3n) is 4.73. The molecule has 0 saturated carbocycles. The second-order valence-electron chi connectivity index (χ2n) is 6.50. The van der Waals surface area contributed by atoms with Gasteiger partial charge in [0, 0.05) is 48.4 Å². The highest BCUT2D eigenvalue weighted by molar-refractivity contribution is 8.14. The van der Waals surface area contributed by atoms with Gasteiger partial charge in [-0.2, -0.15) is 0 Å². The van der Waals surface area contributed by atoms with E-state index in [0.29, 0.717) is 28.7 Å². The zero-order valence-corrected chi connectivity index (χ0v) is 16.2. The van der Waals surface area contributed by atoms with E-state index in [4.69, 9.17) is 0 Å². The van der Waals surface area contributed by atoms with Gasteiger partial charge in [-0.3, -0.25) is 4.79 Å². The van der Waals surface area contributed by atoms with Gasteiger partial charge in [-0.05, 0) is 24.3 Å². The maximum atomic E-state index is 12.2. The minimum atomic E-state index is -1.02. The van der Waals surface area contributed by atoms with Crippen molar-refractivity contribution in [2.75, 3.05) is 24.2 Å². The first-order chi connectivity index (χ1) is 13.7. The number of thioether (sulfide) groups is 1. The normalized spacial score (nSPS) is 19.7. The summed E-state index contributed by atoms with van der Waals surface area (Å²) in [4.78, 5) is 26.1. The lowest BCUT2D eigenvalue weighted by Crippen LogP contribution is -2.45. The molecule has 144 valence electrons. The Morgan fingerprint density at radius 2 is 2.18 bits per heavy atom. The van der Waals surface area contributed by atoms with E-state index in [0.717, 1.165) is 11.1 Å². The summed E-state index contributed by atoms with van der Waals surface area (Å²) in [5, 5.41) is 15.1. The Labute approximate surface area is 166 Å². The van der Waals surface area contributed by atoms with Gasteiger partial charge in [-0.25, -0.2) is 9.98 Å². The molecule has 7 nitrogen and oxygen atoms in total. The van der Waals surface area contributed by atoms with Crippen LogP contribution in [0, 0.1) is 5.92 Å². The predicted octanol–water partition coefficient (Wildman–Crippen LogP) is 2.53. The number of amidine groups is 1. The molecular formula is C20H21N5O2S. The van der Waals surface area contributed by atoms with Crippen LogP contribution in [0.1, 0.15) is 11.8 Å². The van der Waals surface area contributed by atoms with Crippen molar-refractivity contribution in [3.05, 3.63) is 60.4 Å². The van der Waals surface area contributed by atoms with Crippen LogP contribution in [-0.4, -0.2) is 45.5 Å². The van der Waals surface area contributed by atoms with Crippen LogP contribution in [0.2, 0.25) is 0 Å². The molecule has 1 amide bonds. The van der Waals surface area contributed by atoms with Crippen LogP contribution in [0.4, 0.5) is 5.69 Å².